The first kappa shape index (κ1) is 19.1. The Balaban J connectivity index is 1.93. The Morgan fingerprint density at radius 2 is 1.81 bits per heavy atom. The second-order valence-electron chi connectivity index (χ2n) is 5.35. The van der Waals surface area contributed by atoms with Crippen LogP contribution in [0.15, 0.2) is 48.5 Å². The molecule has 2 rings (SSSR count). The van der Waals surface area contributed by atoms with Crippen molar-refractivity contribution in [3.8, 4) is 11.5 Å². The number of methoxy groups -OCH3 is 1. The standard InChI is InChI=1S/C20H21NO5/c1-3-25-17-10-6-14(12-18(17)24-2)7-11-19(22)26-13-15-4-8-16(9-5-15)20(21)23/h4-12H,3,13H2,1-2H3,(H2,21,23)/b11-7+. The van der Waals surface area contributed by atoms with Crippen molar-refractivity contribution in [2.45, 2.75) is 13.5 Å². The van der Waals surface area contributed by atoms with Crippen LogP contribution in [0.4, 0.5) is 0 Å². The van der Waals surface area contributed by atoms with Crippen LogP contribution in [0.5, 0.6) is 11.5 Å². The van der Waals surface area contributed by atoms with Crippen molar-refractivity contribution in [3.05, 3.63) is 65.2 Å². The fraction of sp³-hybridized carbons (Fsp3) is 0.200. The highest BCUT2D eigenvalue weighted by atomic mass is 16.5. The van der Waals surface area contributed by atoms with Gasteiger partial charge in [0.2, 0.25) is 5.91 Å². The van der Waals surface area contributed by atoms with Gasteiger partial charge >= 0.3 is 5.97 Å². The van der Waals surface area contributed by atoms with Gasteiger partial charge in [-0.1, -0.05) is 18.2 Å². The van der Waals surface area contributed by atoms with E-state index in [1.54, 1.807) is 49.6 Å². The number of rotatable bonds is 8. The third-order valence-electron chi connectivity index (χ3n) is 3.52. The van der Waals surface area contributed by atoms with Gasteiger partial charge in [-0.25, -0.2) is 4.79 Å². The Kier molecular flexibility index (Phi) is 6.79. The van der Waals surface area contributed by atoms with Crippen molar-refractivity contribution in [1.29, 1.82) is 0 Å². The van der Waals surface area contributed by atoms with Crippen molar-refractivity contribution in [1.82, 2.24) is 0 Å². The molecular formula is C20H21NO5. The molecule has 0 saturated carbocycles. The molecule has 0 aliphatic carbocycles. The zero-order valence-electron chi connectivity index (χ0n) is 14.7. The van der Waals surface area contributed by atoms with E-state index in [9.17, 15) is 9.59 Å². The van der Waals surface area contributed by atoms with Gasteiger partial charge in [0.05, 0.1) is 13.7 Å². The van der Waals surface area contributed by atoms with Gasteiger partial charge < -0.3 is 19.9 Å². The fourth-order valence-electron chi connectivity index (χ4n) is 2.19. The molecule has 0 aromatic heterocycles. The Hall–Kier alpha value is -3.28. The van der Waals surface area contributed by atoms with Crippen LogP contribution < -0.4 is 15.2 Å². The lowest BCUT2D eigenvalue weighted by Gasteiger charge is -2.09. The SMILES string of the molecule is CCOc1ccc(/C=C/C(=O)OCc2ccc(C(N)=O)cc2)cc1OC. The van der Waals surface area contributed by atoms with Crippen LogP contribution in [0.1, 0.15) is 28.4 Å². The van der Waals surface area contributed by atoms with E-state index in [-0.39, 0.29) is 6.61 Å². The van der Waals surface area contributed by atoms with Crippen LogP contribution in [0, 0.1) is 0 Å². The molecule has 0 atom stereocenters. The molecule has 0 saturated heterocycles. The van der Waals surface area contributed by atoms with Crippen molar-refractivity contribution in [2.24, 2.45) is 5.73 Å². The van der Waals surface area contributed by atoms with E-state index in [0.717, 1.165) is 11.1 Å². The maximum absolute atomic E-state index is 11.8. The highest BCUT2D eigenvalue weighted by Gasteiger charge is 2.05. The highest BCUT2D eigenvalue weighted by molar-refractivity contribution is 5.92. The fourth-order valence-corrected chi connectivity index (χ4v) is 2.19. The molecule has 0 radical (unpaired) electrons. The number of benzene rings is 2. The summed E-state index contributed by atoms with van der Waals surface area (Å²) in [7, 11) is 1.56. The van der Waals surface area contributed by atoms with Crippen molar-refractivity contribution < 1.29 is 23.8 Å². The van der Waals surface area contributed by atoms with Crippen molar-refractivity contribution >= 4 is 18.0 Å². The van der Waals surface area contributed by atoms with Gasteiger partial charge in [-0.15, -0.1) is 0 Å². The Bertz CT molecular complexity index is 796. The first-order valence-electron chi connectivity index (χ1n) is 8.08. The molecule has 0 heterocycles. The molecule has 0 unspecified atom stereocenters. The topological polar surface area (TPSA) is 87.9 Å². The number of hydrogen-bond donors (Lipinski definition) is 1. The second-order valence-corrected chi connectivity index (χ2v) is 5.35. The summed E-state index contributed by atoms with van der Waals surface area (Å²) in [5, 5.41) is 0. The highest BCUT2D eigenvalue weighted by Crippen LogP contribution is 2.28. The van der Waals surface area contributed by atoms with Gasteiger partial charge in [-0.3, -0.25) is 4.79 Å². The molecule has 6 heteroatoms. The van der Waals surface area contributed by atoms with Gasteiger partial charge in [0.1, 0.15) is 6.61 Å². The molecule has 6 nitrogen and oxygen atoms in total. The molecule has 2 N–H and O–H groups in total. The monoisotopic (exact) mass is 355 g/mol. The minimum absolute atomic E-state index is 0.106. The maximum atomic E-state index is 11.8. The molecule has 1 amide bonds. The van der Waals surface area contributed by atoms with E-state index in [0.29, 0.717) is 23.7 Å². The number of carbonyl (C=O) groups is 2. The van der Waals surface area contributed by atoms with Crippen LogP contribution in [0.25, 0.3) is 6.08 Å². The molecule has 0 aliphatic heterocycles. The summed E-state index contributed by atoms with van der Waals surface area (Å²) in [5.74, 6) is 0.269. The normalized spacial score (nSPS) is 10.5. The summed E-state index contributed by atoms with van der Waals surface area (Å²) in [6, 6.07) is 11.9. The number of amides is 1. The Morgan fingerprint density at radius 3 is 2.42 bits per heavy atom. The minimum atomic E-state index is -0.498. The molecular weight excluding hydrogens is 334 g/mol. The van der Waals surface area contributed by atoms with E-state index in [1.165, 1.54) is 6.08 Å². The van der Waals surface area contributed by atoms with E-state index in [1.807, 2.05) is 13.0 Å². The Morgan fingerprint density at radius 1 is 1.08 bits per heavy atom. The first-order valence-corrected chi connectivity index (χ1v) is 8.08. The predicted octanol–water partition coefficient (Wildman–Crippen LogP) is 2.95. The van der Waals surface area contributed by atoms with Crippen molar-refractivity contribution in [2.75, 3.05) is 13.7 Å². The molecule has 26 heavy (non-hydrogen) atoms. The van der Waals surface area contributed by atoms with E-state index in [4.69, 9.17) is 19.9 Å². The third-order valence-corrected chi connectivity index (χ3v) is 3.52. The maximum Gasteiger partial charge on any atom is 0.331 e. The molecule has 0 aliphatic rings. The van der Waals surface area contributed by atoms with Crippen LogP contribution in [-0.2, 0) is 16.1 Å². The van der Waals surface area contributed by atoms with Crippen LogP contribution in [-0.4, -0.2) is 25.6 Å². The Labute approximate surface area is 152 Å². The van der Waals surface area contributed by atoms with E-state index < -0.39 is 11.9 Å². The largest absolute Gasteiger partial charge is 0.493 e. The van der Waals surface area contributed by atoms with Gasteiger partial charge in [0.25, 0.3) is 0 Å². The van der Waals surface area contributed by atoms with Crippen LogP contribution in [0.3, 0.4) is 0 Å². The first-order chi connectivity index (χ1) is 12.5. The summed E-state index contributed by atoms with van der Waals surface area (Å²) in [6.07, 6.45) is 2.98. The van der Waals surface area contributed by atoms with Gasteiger partial charge in [-0.05, 0) is 48.4 Å². The number of carbonyl (C=O) groups excluding carboxylic acids is 2. The van der Waals surface area contributed by atoms with Gasteiger partial charge in [-0.2, -0.15) is 0 Å². The smallest absolute Gasteiger partial charge is 0.331 e. The average Bonchev–Trinajstić information content (AvgIpc) is 2.66. The zero-order chi connectivity index (χ0) is 18.9. The lowest BCUT2D eigenvalue weighted by Crippen LogP contribution is -2.10. The minimum Gasteiger partial charge on any atom is -0.493 e. The molecule has 2 aromatic carbocycles. The number of primary amides is 1. The second kappa shape index (κ2) is 9.27. The van der Waals surface area contributed by atoms with Crippen molar-refractivity contribution in [3.63, 3.8) is 0 Å². The quantitative estimate of drug-likeness (QED) is 0.581. The van der Waals surface area contributed by atoms with E-state index in [2.05, 4.69) is 0 Å². The number of hydrogen-bond acceptors (Lipinski definition) is 5. The molecule has 136 valence electrons. The summed E-state index contributed by atoms with van der Waals surface area (Å²) >= 11 is 0. The predicted molar refractivity (Wildman–Crippen MR) is 98.0 cm³/mol. The van der Waals surface area contributed by atoms with E-state index >= 15 is 0 Å². The summed E-state index contributed by atoms with van der Waals surface area (Å²) in [4.78, 5) is 22.9. The molecule has 0 fully saturated rings. The summed E-state index contributed by atoms with van der Waals surface area (Å²) in [5.41, 5.74) is 7.13. The van der Waals surface area contributed by atoms with Crippen LogP contribution >= 0.6 is 0 Å². The lowest BCUT2D eigenvalue weighted by atomic mass is 10.1. The van der Waals surface area contributed by atoms with Gasteiger partial charge in [0.15, 0.2) is 11.5 Å². The molecule has 0 spiro atoms. The molecule has 0 bridgehead atoms. The van der Waals surface area contributed by atoms with Crippen LogP contribution in [0.2, 0.25) is 0 Å². The zero-order valence-corrected chi connectivity index (χ0v) is 14.7. The lowest BCUT2D eigenvalue weighted by molar-refractivity contribution is -0.138. The number of esters is 1. The number of nitrogens with two attached hydrogens (primary N) is 1. The summed E-state index contributed by atoms with van der Waals surface area (Å²) < 4.78 is 15.9. The van der Waals surface area contributed by atoms with Gasteiger partial charge in [0, 0.05) is 11.6 Å². The number of ether oxygens (including phenoxy) is 3. The third kappa shape index (κ3) is 5.37. The average molecular weight is 355 g/mol. The molecule has 2 aromatic rings. The summed E-state index contributed by atoms with van der Waals surface area (Å²) in [6.45, 7) is 2.54.